The standard InChI is InChI=1S/C28H34N6/c1-6-7-23(15-22(3)34-12-10-32(4)11-13-34)14-21(2)31-28-17-26-16-24(8-9-25(26)18-29-28)27-19-30-33(5)20-27/h6-9,15-20H,1-2,10-14H2,3-5H3,(H,29,31)/b22-15+,23-7-. The molecule has 6 heteroatoms. The number of hydrogen-bond donors (Lipinski definition) is 1. The van der Waals surface area contributed by atoms with Gasteiger partial charge in [-0.3, -0.25) is 4.68 Å². The molecular weight excluding hydrogens is 420 g/mol. The van der Waals surface area contributed by atoms with Gasteiger partial charge in [-0.05, 0) is 48.7 Å². The Morgan fingerprint density at radius 3 is 2.56 bits per heavy atom. The Balaban J connectivity index is 1.46. The Morgan fingerprint density at radius 2 is 1.85 bits per heavy atom. The average Bonchev–Trinajstić information content (AvgIpc) is 3.25. The van der Waals surface area contributed by atoms with Gasteiger partial charge in [-0.1, -0.05) is 37.4 Å². The number of likely N-dealkylation sites (N-methyl/N-ethyl adjacent to an activating group) is 1. The van der Waals surface area contributed by atoms with Crippen LogP contribution in [0.25, 0.3) is 21.9 Å². The number of rotatable bonds is 8. The van der Waals surface area contributed by atoms with Gasteiger partial charge < -0.3 is 15.1 Å². The van der Waals surface area contributed by atoms with Crippen molar-refractivity contribution in [3.8, 4) is 11.1 Å². The Labute approximate surface area is 202 Å². The normalized spacial score (nSPS) is 15.6. The van der Waals surface area contributed by atoms with Crippen molar-refractivity contribution in [1.82, 2.24) is 24.6 Å². The molecule has 0 radical (unpaired) electrons. The fraction of sp³-hybridized carbons (Fsp3) is 0.286. The molecule has 4 rings (SSSR count). The Bertz CT molecular complexity index is 1240. The topological polar surface area (TPSA) is 49.2 Å². The molecule has 1 saturated heterocycles. The molecule has 1 fully saturated rings. The highest BCUT2D eigenvalue weighted by Gasteiger charge is 2.14. The highest BCUT2D eigenvalue weighted by atomic mass is 15.2. The summed E-state index contributed by atoms with van der Waals surface area (Å²) in [6, 6.07) is 8.45. The lowest BCUT2D eigenvalue weighted by atomic mass is 10.0. The van der Waals surface area contributed by atoms with E-state index in [4.69, 9.17) is 0 Å². The SMILES string of the molecule is C=C/C=C(\C=C(/C)N1CCN(C)CC1)CC(=C)Nc1cc2cc(-c3cnn(C)c3)ccc2cn1. The van der Waals surface area contributed by atoms with Gasteiger partial charge in [0.25, 0.3) is 0 Å². The van der Waals surface area contributed by atoms with Crippen molar-refractivity contribution in [2.75, 3.05) is 38.5 Å². The van der Waals surface area contributed by atoms with Gasteiger partial charge in [0.1, 0.15) is 5.82 Å². The van der Waals surface area contributed by atoms with E-state index in [9.17, 15) is 0 Å². The molecule has 3 heterocycles. The van der Waals surface area contributed by atoms with E-state index in [1.54, 1.807) is 0 Å². The molecule has 0 amide bonds. The highest BCUT2D eigenvalue weighted by molar-refractivity contribution is 5.88. The molecule has 3 aromatic rings. The number of nitrogens with zero attached hydrogens (tertiary/aromatic N) is 5. The maximum Gasteiger partial charge on any atom is 0.130 e. The minimum absolute atomic E-state index is 0.701. The van der Waals surface area contributed by atoms with E-state index in [1.807, 2.05) is 36.4 Å². The van der Waals surface area contributed by atoms with E-state index in [0.29, 0.717) is 6.42 Å². The van der Waals surface area contributed by atoms with E-state index < -0.39 is 0 Å². The summed E-state index contributed by atoms with van der Waals surface area (Å²) in [5, 5.41) is 9.91. The molecule has 0 spiro atoms. The average molecular weight is 455 g/mol. The van der Waals surface area contributed by atoms with Crippen molar-refractivity contribution < 1.29 is 0 Å². The van der Waals surface area contributed by atoms with Crippen LogP contribution in [0.3, 0.4) is 0 Å². The predicted molar refractivity (Wildman–Crippen MR) is 142 cm³/mol. The summed E-state index contributed by atoms with van der Waals surface area (Å²) in [7, 11) is 4.11. The van der Waals surface area contributed by atoms with Crippen LogP contribution in [0.2, 0.25) is 0 Å². The number of hydrogen-bond acceptors (Lipinski definition) is 5. The number of benzene rings is 1. The molecule has 1 aromatic carbocycles. The molecule has 0 unspecified atom stereocenters. The van der Waals surface area contributed by atoms with Crippen molar-refractivity contribution in [2.24, 2.45) is 7.05 Å². The minimum atomic E-state index is 0.701. The van der Waals surface area contributed by atoms with E-state index in [0.717, 1.165) is 59.6 Å². The van der Waals surface area contributed by atoms with Crippen LogP contribution in [0.1, 0.15) is 13.3 Å². The summed E-state index contributed by atoms with van der Waals surface area (Å²) >= 11 is 0. The second-order valence-corrected chi connectivity index (χ2v) is 8.99. The first-order valence-electron chi connectivity index (χ1n) is 11.7. The zero-order valence-corrected chi connectivity index (χ0v) is 20.5. The molecule has 1 N–H and O–H groups in total. The quantitative estimate of drug-likeness (QED) is 0.473. The van der Waals surface area contributed by atoms with Crippen LogP contribution in [0.4, 0.5) is 5.82 Å². The second-order valence-electron chi connectivity index (χ2n) is 8.99. The van der Waals surface area contributed by atoms with Crippen molar-refractivity contribution in [3.63, 3.8) is 0 Å². The van der Waals surface area contributed by atoms with Gasteiger partial charge in [-0.15, -0.1) is 0 Å². The number of nitrogens with one attached hydrogen (secondary N) is 1. The summed E-state index contributed by atoms with van der Waals surface area (Å²) in [5.74, 6) is 0.790. The molecule has 0 atom stereocenters. The molecule has 0 aliphatic carbocycles. The van der Waals surface area contributed by atoms with Crippen LogP contribution in [-0.4, -0.2) is 57.8 Å². The molecule has 2 aromatic heterocycles. The van der Waals surface area contributed by atoms with E-state index in [-0.39, 0.29) is 0 Å². The molecule has 34 heavy (non-hydrogen) atoms. The lowest BCUT2D eigenvalue weighted by Gasteiger charge is -2.34. The molecular formula is C28H34N6. The van der Waals surface area contributed by atoms with Crippen LogP contribution in [0.15, 0.2) is 91.2 Å². The number of allylic oxidation sites excluding steroid dienone is 5. The number of anilines is 1. The van der Waals surface area contributed by atoms with Crippen LogP contribution in [0.5, 0.6) is 0 Å². The molecule has 1 aliphatic rings. The minimum Gasteiger partial charge on any atom is -0.372 e. The summed E-state index contributed by atoms with van der Waals surface area (Å²) < 4.78 is 1.82. The van der Waals surface area contributed by atoms with Crippen LogP contribution in [0, 0.1) is 0 Å². The first-order chi connectivity index (χ1) is 16.4. The van der Waals surface area contributed by atoms with E-state index in [1.165, 1.54) is 11.3 Å². The van der Waals surface area contributed by atoms with Crippen LogP contribution < -0.4 is 5.32 Å². The van der Waals surface area contributed by atoms with Gasteiger partial charge in [0.2, 0.25) is 0 Å². The Morgan fingerprint density at radius 1 is 1.06 bits per heavy atom. The molecule has 1 aliphatic heterocycles. The summed E-state index contributed by atoms with van der Waals surface area (Å²) in [4.78, 5) is 9.40. The first-order valence-corrected chi connectivity index (χ1v) is 11.7. The number of aryl methyl sites for hydroxylation is 1. The lowest BCUT2D eigenvalue weighted by Crippen LogP contribution is -2.43. The third-order valence-electron chi connectivity index (χ3n) is 6.21. The van der Waals surface area contributed by atoms with Gasteiger partial charge in [0.05, 0.1) is 6.20 Å². The van der Waals surface area contributed by atoms with Crippen LogP contribution >= 0.6 is 0 Å². The van der Waals surface area contributed by atoms with Gasteiger partial charge >= 0.3 is 0 Å². The van der Waals surface area contributed by atoms with Crippen molar-refractivity contribution in [1.29, 1.82) is 0 Å². The number of fused-ring (bicyclic) bond motifs is 1. The van der Waals surface area contributed by atoms with Gasteiger partial charge in [-0.2, -0.15) is 5.10 Å². The lowest BCUT2D eigenvalue weighted by molar-refractivity contribution is 0.186. The Hall–Kier alpha value is -3.64. The van der Waals surface area contributed by atoms with Crippen molar-refractivity contribution in [2.45, 2.75) is 13.3 Å². The fourth-order valence-corrected chi connectivity index (χ4v) is 4.26. The van der Waals surface area contributed by atoms with Gasteiger partial charge in [0.15, 0.2) is 0 Å². The molecule has 0 saturated carbocycles. The van der Waals surface area contributed by atoms with Crippen molar-refractivity contribution in [3.05, 3.63) is 91.2 Å². The maximum absolute atomic E-state index is 4.59. The smallest absolute Gasteiger partial charge is 0.130 e. The molecule has 176 valence electrons. The second kappa shape index (κ2) is 10.5. The summed E-state index contributed by atoms with van der Waals surface area (Å²) in [5.41, 5.74) is 5.58. The largest absolute Gasteiger partial charge is 0.372 e. The van der Waals surface area contributed by atoms with Gasteiger partial charge in [0, 0.05) is 74.4 Å². The van der Waals surface area contributed by atoms with E-state index in [2.05, 4.69) is 88.7 Å². The number of pyridine rings is 1. The monoisotopic (exact) mass is 454 g/mol. The highest BCUT2D eigenvalue weighted by Crippen LogP contribution is 2.26. The first kappa shape index (κ1) is 23.5. The predicted octanol–water partition coefficient (Wildman–Crippen LogP) is 5.21. The van der Waals surface area contributed by atoms with E-state index >= 15 is 0 Å². The number of aromatic nitrogens is 3. The zero-order valence-electron chi connectivity index (χ0n) is 20.5. The third kappa shape index (κ3) is 5.83. The molecule has 6 nitrogen and oxygen atoms in total. The fourth-order valence-electron chi connectivity index (χ4n) is 4.26. The summed E-state index contributed by atoms with van der Waals surface area (Å²) in [6.07, 6.45) is 12.6. The summed E-state index contributed by atoms with van der Waals surface area (Å²) in [6.45, 7) is 14.6. The Kier molecular flexibility index (Phi) is 7.28. The zero-order chi connectivity index (χ0) is 24.1. The van der Waals surface area contributed by atoms with Crippen LogP contribution in [-0.2, 0) is 7.05 Å². The third-order valence-corrected chi connectivity index (χ3v) is 6.21. The molecule has 0 bridgehead atoms. The maximum atomic E-state index is 4.59. The number of piperazine rings is 1. The van der Waals surface area contributed by atoms with Gasteiger partial charge in [-0.25, -0.2) is 4.98 Å². The van der Waals surface area contributed by atoms with Crippen molar-refractivity contribution >= 4 is 16.6 Å².